The Balaban J connectivity index is 1.57. The van der Waals surface area contributed by atoms with Gasteiger partial charge in [-0.2, -0.15) is 0 Å². The molecule has 2 heterocycles. The van der Waals surface area contributed by atoms with Crippen LogP contribution in [-0.4, -0.2) is 59.9 Å². The number of carbonyl (C=O) groups is 1. The molecule has 28 heavy (non-hydrogen) atoms. The van der Waals surface area contributed by atoms with Crippen LogP contribution in [0.15, 0.2) is 36.4 Å². The summed E-state index contributed by atoms with van der Waals surface area (Å²) in [5, 5.41) is 8.82. The van der Waals surface area contributed by atoms with Crippen molar-refractivity contribution < 1.29 is 14.3 Å². The fourth-order valence-corrected chi connectivity index (χ4v) is 3.14. The minimum absolute atomic E-state index is 0.0809. The van der Waals surface area contributed by atoms with Crippen LogP contribution in [0.3, 0.4) is 0 Å². The van der Waals surface area contributed by atoms with Crippen LogP contribution in [0.25, 0.3) is 0 Å². The van der Waals surface area contributed by atoms with Gasteiger partial charge in [-0.05, 0) is 44.2 Å². The smallest absolute Gasteiger partial charge is 0.266 e. The largest absolute Gasteiger partial charge is 0.478 e. The number of carbonyl (C=O) groups excluding carboxylic acids is 1. The molecule has 1 unspecified atom stereocenters. The van der Waals surface area contributed by atoms with E-state index in [0.29, 0.717) is 29.7 Å². The highest BCUT2D eigenvalue weighted by molar-refractivity contribution is 6.30. The number of nitrogens with zero attached hydrogens (tertiary/aromatic N) is 4. The van der Waals surface area contributed by atoms with Gasteiger partial charge in [-0.1, -0.05) is 11.6 Å². The van der Waals surface area contributed by atoms with Gasteiger partial charge in [0, 0.05) is 38.1 Å². The Morgan fingerprint density at radius 3 is 2.50 bits per heavy atom. The highest BCUT2D eigenvalue weighted by atomic mass is 35.5. The first-order valence-corrected chi connectivity index (χ1v) is 9.54. The van der Waals surface area contributed by atoms with Crippen LogP contribution in [-0.2, 0) is 4.79 Å². The lowest BCUT2D eigenvalue weighted by Crippen LogP contribution is -2.48. The zero-order chi connectivity index (χ0) is 20.3. The van der Waals surface area contributed by atoms with E-state index in [1.807, 2.05) is 25.1 Å². The number of hydrogen-bond acceptors (Lipinski definition) is 6. The van der Waals surface area contributed by atoms with Crippen LogP contribution in [0.5, 0.6) is 11.6 Å². The summed E-state index contributed by atoms with van der Waals surface area (Å²) in [6, 6.07) is 10.6. The van der Waals surface area contributed by atoms with Gasteiger partial charge < -0.3 is 19.3 Å². The number of anilines is 1. The van der Waals surface area contributed by atoms with Gasteiger partial charge in [-0.25, -0.2) is 0 Å². The molecule has 0 bridgehead atoms. The second kappa shape index (κ2) is 8.22. The van der Waals surface area contributed by atoms with Crippen molar-refractivity contribution in [1.29, 1.82) is 0 Å². The third-order valence-electron chi connectivity index (χ3n) is 4.51. The molecule has 7 nitrogen and oxygen atoms in total. The molecule has 1 aromatic carbocycles. The molecule has 0 saturated carbocycles. The first kappa shape index (κ1) is 20.2. The van der Waals surface area contributed by atoms with Crippen molar-refractivity contribution in [3.05, 3.63) is 41.4 Å². The van der Waals surface area contributed by atoms with E-state index in [-0.39, 0.29) is 12.0 Å². The number of amides is 1. The molecule has 1 fully saturated rings. The fourth-order valence-electron chi connectivity index (χ4n) is 3.02. The van der Waals surface area contributed by atoms with Crippen molar-refractivity contribution in [2.24, 2.45) is 0 Å². The Kier molecular flexibility index (Phi) is 5.93. The molecule has 0 spiro atoms. The van der Waals surface area contributed by atoms with Crippen LogP contribution in [0, 0.1) is 0 Å². The average molecular weight is 405 g/mol. The Morgan fingerprint density at radius 2 is 1.89 bits per heavy atom. The van der Waals surface area contributed by atoms with E-state index in [1.54, 1.807) is 49.1 Å². The molecular weight excluding hydrogens is 380 g/mol. The van der Waals surface area contributed by atoms with Crippen LogP contribution in [0.4, 0.5) is 5.82 Å². The maximum absolute atomic E-state index is 12.9. The molecule has 1 amide bonds. The summed E-state index contributed by atoms with van der Waals surface area (Å²) < 4.78 is 11.8. The lowest BCUT2D eigenvalue weighted by molar-refractivity contribution is -0.144. The maximum Gasteiger partial charge on any atom is 0.266 e. The number of rotatable bonds is 6. The maximum atomic E-state index is 12.9. The lowest BCUT2D eigenvalue weighted by atomic mass is 10.1. The minimum Gasteiger partial charge on any atom is -0.478 e. The van der Waals surface area contributed by atoms with Crippen molar-refractivity contribution in [3.8, 4) is 11.6 Å². The summed E-state index contributed by atoms with van der Waals surface area (Å²) in [7, 11) is 3.80. The van der Waals surface area contributed by atoms with Crippen molar-refractivity contribution in [2.75, 3.05) is 32.1 Å². The highest BCUT2D eigenvalue weighted by Crippen LogP contribution is 2.25. The summed E-state index contributed by atoms with van der Waals surface area (Å²) in [5.41, 5.74) is -0.990. The van der Waals surface area contributed by atoms with Crippen molar-refractivity contribution in [2.45, 2.75) is 32.0 Å². The van der Waals surface area contributed by atoms with E-state index in [1.165, 1.54) is 0 Å². The van der Waals surface area contributed by atoms with E-state index in [9.17, 15) is 4.79 Å². The van der Waals surface area contributed by atoms with Crippen molar-refractivity contribution >= 4 is 23.3 Å². The fraction of sp³-hybridized carbons (Fsp3) is 0.450. The molecule has 0 aliphatic carbocycles. The highest BCUT2D eigenvalue weighted by Gasteiger charge is 2.38. The van der Waals surface area contributed by atoms with Gasteiger partial charge in [0.1, 0.15) is 11.9 Å². The SMILES string of the molecule is CN(C)c1ccc(OC2CCN(C(=O)C(C)(C)Oc3ccc(Cl)cc3)C2)nn1. The van der Waals surface area contributed by atoms with Gasteiger partial charge in [-0.15, -0.1) is 10.2 Å². The van der Waals surface area contributed by atoms with Gasteiger partial charge >= 0.3 is 0 Å². The Hall–Kier alpha value is -2.54. The molecule has 0 radical (unpaired) electrons. The number of hydrogen-bond donors (Lipinski definition) is 0. The van der Waals surface area contributed by atoms with E-state index in [2.05, 4.69) is 10.2 Å². The standard InChI is InChI=1S/C20H25ClN4O3/c1-20(2,28-15-7-5-14(21)6-8-15)19(26)25-12-11-16(13-25)27-18-10-9-17(22-23-18)24(3)4/h5-10,16H,11-13H2,1-4H3. The Labute approximate surface area is 170 Å². The monoisotopic (exact) mass is 404 g/mol. The topological polar surface area (TPSA) is 67.8 Å². The second-order valence-corrected chi connectivity index (χ2v) is 7.91. The molecule has 1 aliphatic heterocycles. The number of halogens is 1. The van der Waals surface area contributed by atoms with Crippen molar-refractivity contribution in [1.82, 2.24) is 15.1 Å². The van der Waals surface area contributed by atoms with E-state index in [0.717, 1.165) is 12.2 Å². The molecule has 1 aliphatic rings. The summed E-state index contributed by atoms with van der Waals surface area (Å²) in [6.07, 6.45) is 0.620. The average Bonchev–Trinajstić information content (AvgIpc) is 3.11. The normalized spacial score (nSPS) is 16.8. The van der Waals surface area contributed by atoms with Gasteiger partial charge in [0.2, 0.25) is 5.88 Å². The second-order valence-electron chi connectivity index (χ2n) is 7.47. The first-order valence-electron chi connectivity index (χ1n) is 9.16. The predicted molar refractivity (Wildman–Crippen MR) is 108 cm³/mol. The minimum atomic E-state index is -0.990. The molecule has 1 atom stereocenters. The van der Waals surface area contributed by atoms with Gasteiger partial charge in [0.15, 0.2) is 11.4 Å². The zero-order valence-electron chi connectivity index (χ0n) is 16.6. The summed E-state index contributed by atoms with van der Waals surface area (Å²) in [4.78, 5) is 16.6. The van der Waals surface area contributed by atoms with Gasteiger partial charge in [-0.3, -0.25) is 4.79 Å². The number of aromatic nitrogens is 2. The third kappa shape index (κ3) is 4.84. The predicted octanol–water partition coefficient (Wildman–Crippen LogP) is 3.03. The zero-order valence-corrected chi connectivity index (χ0v) is 17.3. The molecule has 1 aromatic heterocycles. The van der Waals surface area contributed by atoms with Gasteiger partial charge in [0.25, 0.3) is 5.91 Å². The number of ether oxygens (including phenoxy) is 2. The number of likely N-dealkylation sites (tertiary alicyclic amines) is 1. The molecule has 8 heteroatoms. The summed E-state index contributed by atoms with van der Waals surface area (Å²) in [5.74, 6) is 1.74. The van der Waals surface area contributed by atoms with E-state index >= 15 is 0 Å². The van der Waals surface area contributed by atoms with Gasteiger partial charge in [0.05, 0.1) is 6.54 Å². The van der Waals surface area contributed by atoms with Crippen LogP contribution in [0.1, 0.15) is 20.3 Å². The molecule has 3 rings (SSSR count). The molecule has 1 saturated heterocycles. The summed E-state index contributed by atoms with van der Waals surface area (Å²) >= 11 is 5.90. The van der Waals surface area contributed by atoms with E-state index < -0.39 is 5.60 Å². The molecule has 0 N–H and O–H groups in total. The molecular formula is C20H25ClN4O3. The lowest BCUT2D eigenvalue weighted by Gasteiger charge is -2.30. The van der Waals surface area contributed by atoms with Crippen LogP contribution >= 0.6 is 11.6 Å². The first-order chi connectivity index (χ1) is 13.2. The van der Waals surface area contributed by atoms with Crippen LogP contribution in [0.2, 0.25) is 5.02 Å². The molecule has 150 valence electrons. The summed E-state index contributed by atoms with van der Waals surface area (Å²) in [6.45, 7) is 4.64. The Morgan fingerprint density at radius 1 is 1.18 bits per heavy atom. The Bertz CT molecular complexity index is 809. The number of benzene rings is 1. The molecule has 2 aromatic rings. The third-order valence-corrected chi connectivity index (χ3v) is 4.76. The van der Waals surface area contributed by atoms with Crippen molar-refractivity contribution in [3.63, 3.8) is 0 Å². The van der Waals surface area contributed by atoms with Crippen LogP contribution < -0.4 is 14.4 Å². The quantitative estimate of drug-likeness (QED) is 0.737. The van der Waals surface area contributed by atoms with E-state index in [4.69, 9.17) is 21.1 Å².